The molecule has 1 N–H and O–H groups in total. The molecule has 0 saturated carbocycles. The van der Waals surface area contributed by atoms with Gasteiger partial charge in [-0.25, -0.2) is 10.1 Å². The molecule has 0 aliphatic carbocycles. The van der Waals surface area contributed by atoms with Crippen molar-refractivity contribution in [3.05, 3.63) is 81.2 Å². The molecule has 0 spiro atoms. The van der Waals surface area contributed by atoms with Crippen molar-refractivity contribution in [3.8, 4) is 10.6 Å². The monoisotopic (exact) mass is 419 g/mol. The van der Waals surface area contributed by atoms with Gasteiger partial charge in [-0.05, 0) is 17.5 Å². The van der Waals surface area contributed by atoms with E-state index in [0.29, 0.717) is 28.1 Å². The molecule has 0 radical (unpaired) electrons. The van der Waals surface area contributed by atoms with E-state index in [1.165, 1.54) is 16.9 Å². The number of thiazole rings is 1. The molecule has 6 nitrogen and oxygen atoms in total. The van der Waals surface area contributed by atoms with Crippen LogP contribution in [0, 0.1) is 0 Å². The van der Waals surface area contributed by atoms with Gasteiger partial charge in [0, 0.05) is 16.3 Å². The van der Waals surface area contributed by atoms with E-state index in [1.807, 2.05) is 11.4 Å². The predicted molar refractivity (Wildman–Crippen MR) is 118 cm³/mol. The Morgan fingerprint density at radius 3 is 2.57 bits per heavy atom. The fraction of sp³-hybridized carbons (Fsp3) is 0.217. The van der Waals surface area contributed by atoms with Crippen molar-refractivity contribution in [1.29, 1.82) is 0 Å². The molecule has 0 unspecified atom stereocenters. The molecule has 152 valence electrons. The molecule has 0 saturated heterocycles. The van der Waals surface area contributed by atoms with Crippen LogP contribution < -0.4 is 5.56 Å². The van der Waals surface area contributed by atoms with Crippen LogP contribution in [0.5, 0.6) is 0 Å². The first kappa shape index (κ1) is 20.0. The van der Waals surface area contributed by atoms with Crippen LogP contribution in [0.1, 0.15) is 36.7 Å². The molecular weight excluding hydrogens is 398 g/mol. The smallest absolute Gasteiger partial charge is 0.312 e. The number of hydrogen-bond acceptors (Lipinski definition) is 6. The zero-order valence-electron chi connectivity index (χ0n) is 16.7. The summed E-state index contributed by atoms with van der Waals surface area (Å²) in [6.07, 6.45) is -0.0229. The van der Waals surface area contributed by atoms with E-state index < -0.39 is 5.97 Å². The van der Waals surface area contributed by atoms with Crippen LogP contribution >= 0.6 is 11.3 Å². The summed E-state index contributed by atoms with van der Waals surface area (Å²) in [5.41, 5.74) is 3.24. The molecule has 2 aromatic carbocycles. The molecule has 0 fully saturated rings. The van der Waals surface area contributed by atoms with Gasteiger partial charge in [-0.2, -0.15) is 5.10 Å². The van der Waals surface area contributed by atoms with Gasteiger partial charge in [0.05, 0.1) is 23.2 Å². The summed E-state index contributed by atoms with van der Waals surface area (Å²) in [5, 5.41) is 10.4. The third kappa shape index (κ3) is 4.31. The number of fused-ring (bicyclic) bond motifs is 1. The normalized spacial score (nSPS) is 11.2. The number of ether oxygens (including phenoxy) is 1. The highest BCUT2D eigenvalue weighted by molar-refractivity contribution is 7.13. The average Bonchev–Trinajstić information content (AvgIpc) is 3.24. The van der Waals surface area contributed by atoms with Crippen LogP contribution in [0.15, 0.2) is 58.7 Å². The maximum Gasteiger partial charge on any atom is 0.312 e. The largest absolute Gasteiger partial charge is 0.459 e. The Labute approximate surface area is 177 Å². The molecule has 2 heterocycles. The van der Waals surface area contributed by atoms with Gasteiger partial charge in [0.1, 0.15) is 11.6 Å². The first-order chi connectivity index (χ1) is 14.5. The summed E-state index contributed by atoms with van der Waals surface area (Å²) in [6, 6.07) is 15.4. The van der Waals surface area contributed by atoms with Crippen LogP contribution in [-0.4, -0.2) is 21.2 Å². The Balaban J connectivity index is 1.40. The van der Waals surface area contributed by atoms with Gasteiger partial charge in [-0.3, -0.25) is 9.59 Å². The number of carbonyl (C=O) groups excluding carboxylic acids is 1. The standard InChI is InChI=1S/C23H21N3O3S/c1-14(2)15-7-9-16(10-8-15)23-24-17(13-30-23)12-29-21(27)11-20-18-5-3-4-6-19(18)22(28)26-25-20/h3-10,13-14H,11-12H2,1-2H3,(H,26,28). The van der Waals surface area contributed by atoms with Gasteiger partial charge < -0.3 is 4.74 Å². The predicted octanol–water partition coefficient (Wildman–Crippen LogP) is 4.46. The Bertz CT molecular complexity index is 1240. The number of esters is 1. The van der Waals surface area contributed by atoms with Crippen molar-refractivity contribution in [2.75, 3.05) is 0 Å². The van der Waals surface area contributed by atoms with Gasteiger partial charge in [0.15, 0.2) is 0 Å². The van der Waals surface area contributed by atoms with Crippen molar-refractivity contribution in [2.24, 2.45) is 0 Å². The molecule has 0 atom stereocenters. The number of nitrogens with zero attached hydrogens (tertiary/aromatic N) is 2. The Hall–Kier alpha value is -3.32. The van der Waals surface area contributed by atoms with Crippen LogP contribution in [0.4, 0.5) is 0 Å². The number of carbonyl (C=O) groups is 1. The third-order valence-electron chi connectivity index (χ3n) is 4.84. The van der Waals surface area contributed by atoms with E-state index >= 15 is 0 Å². The lowest BCUT2D eigenvalue weighted by Crippen LogP contribution is -2.15. The Morgan fingerprint density at radius 2 is 1.83 bits per heavy atom. The SMILES string of the molecule is CC(C)c1ccc(-c2nc(COC(=O)Cc3n[nH]c(=O)c4ccccc34)cs2)cc1. The van der Waals surface area contributed by atoms with Gasteiger partial charge in [-0.15, -0.1) is 11.3 Å². The van der Waals surface area contributed by atoms with Gasteiger partial charge >= 0.3 is 5.97 Å². The van der Waals surface area contributed by atoms with Crippen LogP contribution in [0.3, 0.4) is 0 Å². The van der Waals surface area contributed by atoms with Crippen LogP contribution in [0.2, 0.25) is 0 Å². The number of aromatic nitrogens is 3. The topological polar surface area (TPSA) is 84.9 Å². The number of rotatable bonds is 6. The van der Waals surface area contributed by atoms with E-state index in [2.05, 4.69) is 53.3 Å². The first-order valence-corrected chi connectivity index (χ1v) is 10.6. The maximum absolute atomic E-state index is 12.3. The van der Waals surface area contributed by atoms with E-state index in [-0.39, 0.29) is 18.6 Å². The Kier molecular flexibility index (Phi) is 5.72. The van der Waals surface area contributed by atoms with Gasteiger partial charge in [0.25, 0.3) is 5.56 Å². The van der Waals surface area contributed by atoms with Crippen LogP contribution in [0.25, 0.3) is 21.3 Å². The third-order valence-corrected chi connectivity index (χ3v) is 5.78. The lowest BCUT2D eigenvalue weighted by Gasteiger charge is -2.06. The highest BCUT2D eigenvalue weighted by Gasteiger charge is 2.13. The van der Waals surface area contributed by atoms with Crippen molar-refractivity contribution in [1.82, 2.24) is 15.2 Å². The number of H-pyrrole nitrogens is 1. The summed E-state index contributed by atoms with van der Waals surface area (Å²) in [4.78, 5) is 28.7. The highest BCUT2D eigenvalue weighted by Crippen LogP contribution is 2.26. The van der Waals surface area contributed by atoms with Crippen molar-refractivity contribution < 1.29 is 9.53 Å². The molecule has 4 rings (SSSR count). The lowest BCUT2D eigenvalue weighted by molar-refractivity contribution is -0.144. The molecular formula is C23H21N3O3S. The second-order valence-electron chi connectivity index (χ2n) is 7.30. The van der Waals surface area contributed by atoms with E-state index in [0.717, 1.165) is 10.6 Å². The first-order valence-electron chi connectivity index (χ1n) is 9.68. The minimum Gasteiger partial charge on any atom is -0.459 e. The lowest BCUT2D eigenvalue weighted by atomic mass is 10.0. The summed E-state index contributed by atoms with van der Waals surface area (Å²) >= 11 is 1.52. The summed E-state index contributed by atoms with van der Waals surface area (Å²) in [6.45, 7) is 4.42. The van der Waals surface area contributed by atoms with E-state index in [9.17, 15) is 9.59 Å². The van der Waals surface area contributed by atoms with Gasteiger partial charge in [-0.1, -0.05) is 56.3 Å². The fourth-order valence-electron chi connectivity index (χ4n) is 3.16. The summed E-state index contributed by atoms with van der Waals surface area (Å²) in [7, 11) is 0. The zero-order chi connectivity index (χ0) is 21.1. The molecule has 2 aromatic heterocycles. The quantitative estimate of drug-likeness (QED) is 0.467. The number of benzene rings is 2. The van der Waals surface area contributed by atoms with E-state index in [4.69, 9.17) is 4.74 Å². The molecule has 0 aliphatic rings. The van der Waals surface area contributed by atoms with Crippen molar-refractivity contribution >= 4 is 28.1 Å². The number of hydrogen-bond donors (Lipinski definition) is 1. The molecule has 0 amide bonds. The summed E-state index contributed by atoms with van der Waals surface area (Å²) < 4.78 is 5.38. The summed E-state index contributed by atoms with van der Waals surface area (Å²) in [5.74, 6) is 0.0647. The highest BCUT2D eigenvalue weighted by atomic mass is 32.1. The van der Waals surface area contributed by atoms with Crippen molar-refractivity contribution in [2.45, 2.75) is 32.8 Å². The van der Waals surface area contributed by atoms with E-state index in [1.54, 1.807) is 18.2 Å². The second kappa shape index (κ2) is 8.59. The Morgan fingerprint density at radius 1 is 1.10 bits per heavy atom. The molecule has 30 heavy (non-hydrogen) atoms. The molecule has 4 aromatic rings. The molecule has 7 heteroatoms. The molecule has 0 aliphatic heterocycles. The van der Waals surface area contributed by atoms with Crippen LogP contribution in [-0.2, 0) is 22.6 Å². The number of aromatic amines is 1. The molecule has 0 bridgehead atoms. The number of nitrogens with one attached hydrogen (secondary N) is 1. The maximum atomic E-state index is 12.3. The van der Waals surface area contributed by atoms with Crippen molar-refractivity contribution in [3.63, 3.8) is 0 Å². The minimum atomic E-state index is -0.421. The average molecular weight is 420 g/mol. The fourth-order valence-corrected chi connectivity index (χ4v) is 3.98. The van der Waals surface area contributed by atoms with Gasteiger partial charge in [0.2, 0.25) is 0 Å². The minimum absolute atomic E-state index is 0.0229. The second-order valence-corrected chi connectivity index (χ2v) is 8.16. The zero-order valence-corrected chi connectivity index (χ0v) is 17.5.